The van der Waals surface area contributed by atoms with Gasteiger partial charge in [-0.15, -0.1) is 0 Å². The van der Waals surface area contributed by atoms with E-state index in [2.05, 4.69) is 22.5 Å². The number of benzene rings is 2. The molecule has 7 heteroatoms. The van der Waals surface area contributed by atoms with Gasteiger partial charge in [0.15, 0.2) is 0 Å². The zero-order chi connectivity index (χ0) is 22.9. The number of hydrogen-bond donors (Lipinski definition) is 2. The number of amides is 2. The number of ether oxygens (including phenoxy) is 2. The van der Waals surface area contributed by atoms with E-state index in [0.717, 1.165) is 38.0 Å². The molecule has 0 aliphatic carbocycles. The van der Waals surface area contributed by atoms with Crippen LogP contribution >= 0.6 is 0 Å². The van der Waals surface area contributed by atoms with Crippen molar-refractivity contribution in [2.24, 2.45) is 5.92 Å². The minimum absolute atomic E-state index is 0.150. The Bertz CT molecular complexity index is 923. The molecule has 0 saturated carbocycles. The van der Waals surface area contributed by atoms with Gasteiger partial charge in [0.25, 0.3) is 11.8 Å². The maximum Gasteiger partial charge on any atom is 0.259 e. The summed E-state index contributed by atoms with van der Waals surface area (Å²) in [6.45, 7) is 5.21. The lowest BCUT2D eigenvalue weighted by Gasteiger charge is -2.33. The summed E-state index contributed by atoms with van der Waals surface area (Å²) >= 11 is 0. The first-order chi connectivity index (χ1) is 15.5. The number of carbonyl (C=O) groups is 2. The molecule has 1 aliphatic rings. The van der Waals surface area contributed by atoms with Gasteiger partial charge in [-0.1, -0.05) is 19.1 Å². The number of para-hydroxylation sites is 1. The highest BCUT2D eigenvalue weighted by molar-refractivity contribution is 6.07. The predicted molar refractivity (Wildman–Crippen MR) is 127 cm³/mol. The summed E-state index contributed by atoms with van der Waals surface area (Å²) < 4.78 is 10.4. The van der Waals surface area contributed by atoms with Crippen molar-refractivity contribution in [1.82, 2.24) is 5.32 Å². The average molecular weight is 440 g/mol. The van der Waals surface area contributed by atoms with Crippen LogP contribution in [-0.2, 0) is 4.74 Å². The maximum atomic E-state index is 13.0. The van der Waals surface area contributed by atoms with Gasteiger partial charge in [-0.25, -0.2) is 0 Å². The number of methoxy groups -OCH3 is 2. The Morgan fingerprint density at radius 1 is 1.03 bits per heavy atom. The van der Waals surface area contributed by atoms with Gasteiger partial charge in [0.2, 0.25) is 0 Å². The Hall–Kier alpha value is -3.06. The van der Waals surface area contributed by atoms with Gasteiger partial charge in [0.05, 0.1) is 18.2 Å². The fraction of sp³-hybridized carbons (Fsp3) is 0.440. The van der Waals surface area contributed by atoms with Gasteiger partial charge in [0, 0.05) is 44.7 Å². The van der Waals surface area contributed by atoms with Crippen LogP contribution in [0.4, 0.5) is 11.4 Å². The van der Waals surface area contributed by atoms with Crippen molar-refractivity contribution in [3.63, 3.8) is 0 Å². The van der Waals surface area contributed by atoms with E-state index in [4.69, 9.17) is 9.47 Å². The average Bonchev–Trinajstić information content (AvgIpc) is 2.82. The molecule has 172 valence electrons. The number of hydrogen-bond acceptors (Lipinski definition) is 5. The van der Waals surface area contributed by atoms with Crippen molar-refractivity contribution >= 4 is 23.2 Å². The van der Waals surface area contributed by atoms with Crippen molar-refractivity contribution in [3.05, 3.63) is 53.6 Å². The van der Waals surface area contributed by atoms with E-state index in [1.54, 1.807) is 31.4 Å². The third kappa shape index (κ3) is 6.01. The lowest BCUT2D eigenvalue weighted by atomic mass is 9.97. The Morgan fingerprint density at radius 2 is 1.78 bits per heavy atom. The maximum absolute atomic E-state index is 13.0. The molecule has 0 aromatic heterocycles. The first kappa shape index (κ1) is 23.6. The van der Waals surface area contributed by atoms with Crippen molar-refractivity contribution in [2.45, 2.75) is 26.2 Å². The lowest BCUT2D eigenvalue weighted by molar-refractivity contribution is 0.0947. The van der Waals surface area contributed by atoms with Gasteiger partial charge in [-0.3, -0.25) is 9.59 Å². The third-order valence-corrected chi connectivity index (χ3v) is 5.79. The van der Waals surface area contributed by atoms with Crippen molar-refractivity contribution < 1.29 is 19.1 Å². The molecule has 0 spiro atoms. The molecule has 32 heavy (non-hydrogen) atoms. The fourth-order valence-electron chi connectivity index (χ4n) is 3.87. The first-order valence-electron chi connectivity index (χ1n) is 11.1. The number of nitrogens with one attached hydrogen (secondary N) is 2. The van der Waals surface area contributed by atoms with Crippen LogP contribution in [0.3, 0.4) is 0 Å². The molecule has 0 bridgehead atoms. The SMILES string of the molecule is COCCCNC(=O)c1cc(NC(=O)c2ccccc2OC)ccc1N1CCC(C)CC1. The van der Waals surface area contributed by atoms with E-state index in [-0.39, 0.29) is 11.8 Å². The second-order valence-corrected chi connectivity index (χ2v) is 8.16. The molecule has 1 fully saturated rings. The molecule has 1 aliphatic heterocycles. The highest BCUT2D eigenvalue weighted by Crippen LogP contribution is 2.29. The van der Waals surface area contributed by atoms with E-state index in [1.807, 2.05) is 18.2 Å². The molecule has 1 saturated heterocycles. The Morgan fingerprint density at radius 3 is 2.50 bits per heavy atom. The van der Waals surface area contributed by atoms with Gasteiger partial charge < -0.3 is 25.0 Å². The highest BCUT2D eigenvalue weighted by Gasteiger charge is 2.22. The second kappa shape index (κ2) is 11.5. The largest absolute Gasteiger partial charge is 0.496 e. The van der Waals surface area contributed by atoms with Gasteiger partial charge in [0.1, 0.15) is 5.75 Å². The summed E-state index contributed by atoms with van der Waals surface area (Å²) in [7, 11) is 3.18. The molecule has 7 nitrogen and oxygen atoms in total. The second-order valence-electron chi connectivity index (χ2n) is 8.16. The third-order valence-electron chi connectivity index (χ3n) is 5.79. The summed E-state index contributed by atoms with van der Waals surface area (Å²) in [6.07, 6.45) is 2.94. The van der Waals surface area contributed by atoms with Crippen LogP contribution in [-0.4, -0.2) is 52.3 Å². The fourth-order valence-corrected chi connectivity index (χ4v) is 3.87. The lowest BCUT2D eigenvalue weighted by Crippen LogP contribution is -2.35. The van der Waals surface area contributed by atoms with Crippen molar-refractivity contribution in [1.29, 1.82) is 0 Å². The quantitative estimate of drug-likeness (QED) is 0.579. The van der Waals surface area contributed by atoms with Crippen LogP contribution < -0.4 is 20.3 Å². The van der Waals surface area contributed by atoms with E-state index in [0.29, 0.717) is 41.6 Å². The molecular formula is C25H33N3O4. The molecular weight excluding hydrogens is 406 g/mol. The van der Waals surface area contributed by atoms with Gasteiger partial charge in [-0.05, 0) is 55.5 Å². The molecule has 1 heterocycles. The Balaban J connectivity index is 1.83. The van der Waals surface area contributed by atoms with E-state index < -0.39 is 0 Å². The summed E-state index contributed by atoms with van der Waals surface area (Å²) in [6, 6.07) is 12.6. The van der Waals surface area contributed by atoms with E-state index in [9.17, 15) is 9.59 Å². The van der Waals surface area contributed by atoms with Crippen molar-refractivity contribution in [3.8, 4) is 5.75 Å². The zero-order valence-corrected chi connectivity index (χ0v) is 19.1. The monoisotopic (exact) mass is 439 g/mol. The first-order valence-corrected chi connectivity index (χ1v) is 11.1. The smallest absolute Gasteiger partial charge is 0.259 e. The molecule has 2 aromatic rings. The molecule has 2 aromatic carbocycles. The minimum atomic E-state index is -0.284. The number of piperidine rings is 1. The number of carbonyl (C=O) groups excluding carboxylic acids is 2. The highest BCUT2D eigenvalue weighted by atomic mass is 16.5. The molecule has 0 unspecified atom stereocenters. The summed E-state index contributed by atoms with van der Waals surface area (Å²) in [5.41, 5.74) is 2.47. The molecule has 2 N–H and O–H groups in total. The number of anilines is 2. The minimum Gasteiger partial charge on any atom is -0.496 e. The molecule has 0 atom stereocenters. The normalized spacial score (nSPS) is 14.2. The van der Waals surface area contributed by atoms with Gasteiger partial charge in [-0.2, -0.15) is 0 Å². The molecule has 0 radical (unpaired) electrons. The van der Waals surface area contributed by atoms with E-state index >= 15 is 0 Å². The molecule has 3 rings (SSSR count). The molecule has 2 amide bonds. The van der Waals surface area contributed by atoms with Crippen molar-refractivity contribution in [2.75, 3.05) is 50.7 Å². The van der Waals surface area contributed by atoms with Crippen LogP contribution in [0, 0.1) is 5.92 Å². The van der Waals surface area contributed by atoms with Crippen LogP contribution in [0.2, 0.25) is 0 Å². The van der Waals surface area contributed by atoms with E-state index in [1.165, 1.54) is 7.11 Å². The Kier molecular flexibility index (Phi) is 8.50. The number of nitrogens with zero attached hydrogens (tertiary/aromatic N) is 1. The number of rotatable bonds is 9. The summed E-state index contributed by atoms with van der Waals surface area (Å²) in [5, 5.41) is 5.88. The topological polar surface area (TPSA) is 79.9 Å². The zero-order valence-electron chi connectivity index (χ0n) is 19.1. The van der Waals surface area contributed by atoms with Crippen LogP contribution in [0.5, 0.6) is 5.75 Å². The predicted octanol–water partition coefficient (Wildman–Crippen LogP) is 3.95. The van der Waals surface area contributed by atoms with Crippen LogP contribution in [0.15, 0.2) is 42.5 Å². The van der Waals surface area contributed by atoms with Gasteiger partial charge >= 0.3 is 0 Å². The summed E-state index contributed by atoms with van der Waals surface area (Å²) in [4.78, 5) is 28.1. The summed E-state index contributed by atoms with van der Waals surface area (Å²) in [5.74, 6) is 0.758. The standard InChI is InChI=1S/C25H33N3O4/c1-18-11-14-28(15-12-18)22-10-9-19(17-21(22)24(29)26-13-6-16-31-2)27-25(30)20-7-4-5-8-23(20)32-3/h4-5,7-10,17-18H,6,11-16H2,1-3H3,(H,26,29)(H,27,30). The van der Waals surface area contributed by atoms with Crippen LogP contribution in [0.25, 0.3) is 0 Å². The Labute approximate surface area is 190 Å². The van der Waals surface area contributed by atoms with Crippen LogP contribution in [0.1, 0.15) is 46.9 Å².